The van der Waals surface area contributed by atoms with Gasteiger partial charge in [-0.05, 0) is 30.0 Å². The highest BCUT2D eigenvalue weighted by Crippen LogP contribution is 2.42. The van der Waals surface area contributed by atoms with Crippen LogP contribution in [0.3, 0.4) is 0 Å². The number of rotatable bonds is 4. The Labute approximate surface area is 176 Å². The van der Waals surface area contributed by atoms with Gasteiger partial charge in [0.15, 0.2) is 0 Å². The van der Waals surface area contributed by atoms with Crippen molar-refractivity contribution in [3.8, 4) is 0 Å². The number of hydrogen-bond acceptors (Lipinski definition) is 4. The number of alkyl carbamates (subject to hydrolysis) is 1. The van der Waals surface area contributed by atoms with Gasteiger partial charge in [-0.15, -0.1) is 0 Å². The fourth-order valence-electron chi connectivity index (χ4n) is 4.98. The number of para-hydroxylation sites is 1. The monoisotopic (exact) mass is 405 g/mol. The SMILES string of the molecule is CC[C@@H]1[C@H](NC(=O)OCc2ccccc2)[C@H]2ON1CCc1c2n(C)c2ccccc12. The number of nitrogens with zero attached hydrogens (tertiary/aromatic N) is 2. The maximum atomic E-state index is 12.7. The molecule has 6 nitrogen and oxygen atoms in total. The van der Waals surface area contributed by atoms with Crippen molar-refractivity contribution in [2.45, 2.75) is 44.6 Å². The molecular weight excluding hydrogens is 378 g/mol. The highest BCUT2D eigenvalue weighted by molar-refractivity contribution is 5.86. The highest BCUT2D eigenvalue weighted by atomic mass is 16.7. The molecule has 0 radical (unpaired) electrons. The number of carbonyl (C=O) groups excluding carboxylic acids is 1. The first kappa shape index (κ1) is 19.2. The second kappa shape index (κ2) is 7.78. The van der Waals surface area contributed by atoms with Gasteiger partial charge in [0.2, 0.25) is 0 Å². The summed E-state index contributed by atoms with van der Waals surface area (Å²) in [6.45, 7) is 3.20. The topological polar surface area (TPSA) is 55.7 Å². The van der Waals surface area contributed by atoms with Crippen LogP contribution in [-0.2, 0) is 29.6 Å². The van der Waals surface area contributed by atoms with Crippen molar-refractivity contribution in [1.29, 1.82) is 0 Å². The second-order valence-electron chi connectivity index (χ2n) is 8.06. The van der Waals surface area contributed by atoms with Crippen LogP contribution in [0.1, 0.15) is 36.3 Å². The van der Waals surface area contributed by atoms with Crippen LogP contribution in [0.25, 0.3) is 10.9 Å². The number of benzene rings is 2. The lowest BCUT2D eigenvalue weighted by Gasteiger charge is -2.27. The Kier molecular flexibility index (Phi) is 4.97. The molecule has 4 atom stereocenters. The van der Waals surface area contributed by atoms with Crippen molar-refractivity contribution in [1.82, 2.24) is 14.9 Å². The van der Waals surface area contributed by atoms with Crippen LogP contribution >= 0.6 is 0 Å². The fraction of sp³-hybridized carbons (Fsp3) is 0.375. The predicted octanol–water partition coefficient (Wildman–Crippen LogP) is 4.10. The molecule has 2 aliphatic rings. The zero-order valence-electron chi connectivity index (χ0n) is 17.4. The number of amides is 1. The van der Waals surface area contributed by atoms with Gasteiger partial charge >= 0.3 is 6.09 Å². The van der Waals surface area contributed by atoms with Gasteiger partial charge in [-0.2, -0.15) is 5.06 Å². The first-order valence-electron chi connectivity index (χ1n) is 10.6. The van der Waals surface area contributed by atoms with Gasteiger partial charge in [-0.3, -0.25) is 4.84 Å². The highest BCUT2D eigenvalue weighted by Gasteiger charge is 2.48. The molecule has 1 fully saturated rings. The number of hydroxylamine groups is 2. The third-order valence-electron chi connectivity index (χ3n) is 6.39. The molecule has 2 aromatic carbocycles. The van der Waals surface area contributed by atoms with Gasteiger partial charge in [-0.1, -0.05) is 55.5 Å². The Morgan fingerprint density at radius 3 is 2.73 bits per heavy atom. The molecule has 30 heavy (non-hydrogen) atoms. The van der Waals surface area contributed by atoms with E-state index in [2.05, 4.69) is 53.2 Å². The third kappa shape index (κ3) is 3.16. The summed E-state index contributed by atoms with van der Waals surface area (Å²) in [4.78, 5) is 19.0. The van der Waals surface area contributed by atoms with E-state index >= 15 is 0 Å². The molecule has 1 saturated heterocycles. The number of fused-ring (bicyclic) bond motifs is 6. The molecule has 1 N–H and O–H groups in total. The van der Waals surface area contributed by atoms with Gasteiger partial charge in [0.25, 0.3) is 0 Å². The molecule has 2 bridgehead atoms. The summed E-state index contributed by atoms with van der Waals surface area (Å²) in [6, 6.07) is 18.1. The molecular formula is C24H27N3O3. The van der Waals surface area contributed by atoms with E-state index in [1.165, 1.54) is 16.5 Å². The number of nitrogens with one attached hydrogen (secondary N) is 1. The summed E-state index contributed by atoms with van der Waals surface area (Å²) in [5.41, 5.74) is 4.64. The van der Waals surface area contributed by atoms with E-state index in [1.54, 1.807) is 0 Å². The molecule has 5 rings (SSSR count). The first-order chi connectivity index (χ1) is 14.7. The molecule has 0 spiro atoms. The van der Waals surface area contributed by atoms with Gasteiger partial charge < -0.3 is 14.6 Å². The summed E-state index contributed by atoms with van der Waals surface area (Å²) in [6.07, 6.45) is 1.20. The van der Waals surface area contributed by atoms with E-state index < -0.39 is 6.09 Å². The molecule has 2 aliphatic heterocycles. The minimum Gasteiger partial charge on any atom is -0.445 e. The van der Waals surface area contributed by atoms with Crippen molar-refractivity contribution in [2.75, 3.05) is 6.54 Å². The number of aromatic nitrogens is 1. The quantitative estimate of drug-likeness (QED) is 0.710. The average Bonchev–Trinajstić information content (AvgIpc) is 3.16. The summed E-state index contributed by atoms with van der Waals surface area (Å²) in [5.74, 6) is 0. The molecule has 156 valence electrons. The standard InChI is InChI=1S/C24H27N3O3/c1-3-19-21(25-24(28)29-15-16-9-5-4-6-10-16)23-22-18(13-14-27(19)30-23)17-11-7-8-12-20(17)26(22)2/h4-12,19,21,23H,3,13-15H2,1-2H3,(H,25,28)/t19-,21+,23-/m1/s1. The van der Waals surface area contributed by atoms with Crippen molar-refractivity contribution < 1.29 is 14.4 Å². The molecule has 1 aromatic heterocycles. The Hall–Kier alpha value is -2.83. The Balaban J connectivity index is 1.42. The van der Waals surface area contributed by atoms with Crippen LogP contribution in [0.15, 0.2) is 54.6 Å². The Bertz CT molecular complexity index is 1060. The largest absolute Gasteiger partial charge is 0.445 e. The van der Waals surface area contributed by atoms with Crippen molar-refractivity contribution in [3.63, 3.8) is 0 Å². The average molecular weight is 405 g/mol. The van der Waals surface area contributed by atoms with Crippen LogP contribution in [0.2, 0.25) is 0 Å². The van der Waals surface area contributed by atoms with Gasteiger partial charge in [0.05, 0.1) is 17.8 Å². The van der Waals surface area contributed by atoms with Crippen LogP contribution in [0.4, 0.5) is 4.79 Å². The minimum atomic E-state index is -0.404. The Morgan fingerprint density at radius 2 is 1.93 bits per heavy atom. The molecule has 3 aromatic rings. The minimum absolute atomic E-state index is 0.116. The zero-order valence-corrected chi connectivity index (χ0v) is 17.4. The van der Waals surface area contributed by atoms with E-state index in [9.17, 15) is 4.79 Å². The molecule has 1 unspecified atom stereocenters. The Morgan fingerprint density at radius 1 is 1.17 bits per heavy atom. The van der Waals surface area contributed by atoms with E-state index in [0.717, 1.165) is 30.6 Å². The lowest BCUT2D eigenvalue weighted by atomic mass is 9.93. The fourth-order valence-corrected chi connectivity index (χ4v) is 4.98. The van der Waals surface area contributed by atoms with Gasteiger partial charge in [0, 0.05) is 24.5 Å². The molecule has 1 amide bonds. The number of carbonyl (C=O) groups is 1. The van der Waals surface area contributed by atoms with Crippen LogP contribution in [0.5, 0.6) is 0 Å². The molecule has 0 aliphatic carbocycles. The predicted molar refractivity (Wildman–Crippen MR) is 115 cm³/mol. The normalized spacial score (nSPS) is 25.0. The van der Waals surface area contributed by atoms with E-state index in [0.29, 0.717) is 0 Å². The van der Waals surface area contributed by atoms with E-state index in [1.807, 2.05) is 30.3 Å². The number of aryl methyl sites for hydroxylation is 1. The van der Waals surface area contributed by atoms with E-state index in [-0.39, 0.29) is 24.8 Å². The number of hydrogen-bond donors (Lipinski definition) is 1. The van der Waals surface area contributed by atoms with Crippen molar-refractivity contribution >= 4 is 17.0 Å². The van der Waals surface area contributed by atoms with E-state index in [4.69, 9.17) is 9.57 Å². The first-order valence-corrected chi connectivity index (χ1v) is 10.6. The maximum absolute atomic E-state index is 12.7. The van der Waals surface area contributed by atoms with Crippen LogP contribution < -0.4 is 5.32 Å². The van der Waals surface area contributed by atoms with Crippen molar-refractivity contribution in [2.24, 2.45) is 7.05 Å². The number of ether oxygens (including phenoxy) is 1. The summed E-state index contributed by atoms with van der Waals surface area (Å²) in [5, 5.41) is 6.45. The lowest BCUT2D eigenvalue weighted by molar-refractivity contribution is -0.161. The van der Waals surface area contributed by atoms with Gasteiger partial charge in [0.1, 0.15) is 12.7 Å². The van der Waals surface area contributed by atoms with Crippen molar-refractivity contribution in [3.05, 3.63) is 71.4 Å². The van der Waals surface area contributed by atoms with Crippen LogP contribution in [-0.4, -0.2) is 34.4 Å². The summed E-state index contributed by atoms with van der Waals surface area (Å²) < 4.78 is 7.73. The zero-order chi connectivity index (χ0) is 20.7. The molecule has 6 heteroatoms. The molecule has 0 saturated carbocycles. The third-order valence-corrected chi connectivity index (χ3v) is 6.39. The summed E-state index contributed by atoms with van der Waals surface area (Å²) >= 11 is 0. The maximum Gasteiger partial charge on any atom is 0.407 e. The van der Waals surface area contributed by atoms with Crippen LogP contribution in [0, 0.1) is 0 Å². The molecule has 3 heterocycles. The lowest BCUT2D eigenvalue weighted by Crippen LogP contribution is -2.47. The second-order valence-corrected chi connectivity index (χ2v) is 8.06. The summed E-state index contributed by atoms with van der Waals surface area (Å²) in [7, 11) is 2.09. The van der Waals surface area contributed by atoms with Gasteiger partial charge in [-0.25, -0.2) is 4.79 Å². The smallest absolute Gasteiger partial charge is 0.407 e.